The summed E-state index contributed by atoms with van der Waals surface area (Å²) in [6.07, 6.45) is 9.61. The van der Waals surface area contributed by atoms with Crippen molar-refractivity contribution < 1.29 is 4.79 Å². The summed E-state index contributed by atoms with van der Waals surface area (Å²) in [5.74, 6) is 0.108. The minimum absolute atomic E-state index is 0.108. The van der Waals surface area contributed by atoms with Gasteiger partial charge in [-0.15, -0.1) is 0 Å². The van der Waals surface area contributed by atoms with Gasteiger partial charge in [0.1, 0.15) is 0 Å². The zero-order chi connectivity index (χ0) is 12.5. The standard InChI is InChI=1S/C14H26N2O/c1-3-12(2)16-14(17)11-15-10-9-13-7-5-4-6-8-13/h7,12,15H,3-6,8-11H2,1-2H3,(H,16,17). The molecule has 17 heavy (non-hydrogen) atoms. The predicted molar refractivity (Wildman–Crippen MR) is 71.9 cm³/mol. The second kappa shape index (κ2) is 8.29. The van der Waals surface area contributed by atoms with Crippen molar-refractivity contribution in [3.8, 4) is 0 Å². The normalized spacial score (nSPS) is 17.4. The fraction of sp³-hybridized carbons (Fsp3) is 0.786. The van der Waals surface area contributed by atoms with E-state index in [1.807, 2.05) is 6.92 Å². The molecular formula is C14H26N2O. The van der Waals surface area contributed by atoms with E-state index in [0.29, 0.717) is 6.54 Å². The summed E-state index contributed by atoms with van der Waals surface area (Å²) >= 11 is 0. The van der Waals surface area contributed by atoms with Crippen LogP contribution in [0.15, 0.2) is 11.6 Å². The van der Waals surface area contributed by atoms with Crippen molar-refractivity contribution in [1.82, 2.24) is 10.6 Å². The fourth-order valence-corrected chi connectivity index (χ4v) is 2.01. The van der Waals surface area contributed by atoms with E-state index in [9.17, 15) is 4.79 Å². The second-order valence-electron chi connectivity index (χ2n) is 4.91. The fourth-order valence-electron chi connectivity index (χ4n) is 2.01. The molecule has 0 aliphatic heterocycles. The van der Waals surface area contributed by atoms with E-state index in [-0.39, 0.29) is 11.9 Å². The molecule has 3 heteroatoms. The Hall–Kier alpha value is -0.830. The molecule has 1 unspecified atom stereocenters. The van der Waals surface area contributed by atoms with E-state index < -0.39 is 0 Å². The van der Waals surface area contributed by atoms with Gasteiger partial charge in [0.2, 0.25) is 5.91 Å². The van der Waals surface area contributed by atoms with E-state index in [1.54, 1.807) is 5.57 Å². The van der Waals surface area contributed by atoms with E-state index in [1.165, 1.54) is 25.7 Å². The Bertz CT molecular complexity index is 261. The van der Waals surface area contributed by atoms with E-state index in [2.05, 4.69) is 23.6 Å². The van der Waals surface area contributed by atoms with Crippen LogP contribution in [-0.4, -0.2) is 25.0 Å². The van der Waals surface area contributed by atoms with Gasteiger partial charge in [0.25, 0.3) is 0 Å². The Morgan fingerprint density at radius 3 is 2.94 bits per heavy atom. The third kappa shape index (κ3) is 6.47. The Balaban J connectivity index is 2.03. The third-order valence-corrected chi connectivity index (χ3v) is 3.31. The van der Waals surface area contributed by atoms with Gasteiger partial charge >= 0.3 is 0 Å². The van der Waals surface area contributed by atoms with Gasteiger partial charge in [-0.25, -0.2) is 0 Å². The van der Waals surface area contributed by atoms with Gasteiger partial charge < -0.3 is 10.6 Å². The maximum absolute atomic E-state index is 11.5. The number of rotatable bonds is 7. The van der Waals surface area contributed by atoms with Crippen LogP contribution in [-0.2, 0) is 4.79 Å². The van der Waals surface area contributed by atoms with Crippen molar-refractivity contribution in [3.63, 3.8) is 0 Å². The van der Waals surface area contributed by atoms with Crippen LogP contribution in [0.1, 0.15) is 52.4 Å². The van der Waals surface area contributed by atoms with Crippen molar-refractivity contribution in [2.75, 3.05) is 13.1 Å². The molecule has 1 atom stereocenters. The van der Waals surface area contributed by atoms with Gasteiger partial charge in [-0.3, -0.25) is 4.79 Å². The van der Waals surface area contributed by atoms with Gasteiger partial charge in [-0.1, -0.05) is 18.6 Å². The van der Waals surface area contributed by atoms with Crippen LogP contribution in [0.4, 0.5) is 0 Å². The molecule has 0 aromatic heterocycles. The molecular weight excluding hydrogens is 212 g/mol. The zero-order valence-corrected chi connectivity index (χ0v) is 11.2. The molecule has 1 aliphatic rings. The lowest BCUT2D eigenvalue weighted by Crippen LogP contribution is -2.39. The maximum Gasteiger partial charge on any atom is 0.234 e. The summed E-state index contributed by atoms with van der Waals surface area (Å²) in [5, 5.41) is 6.16. The van der Waals surface area contributed by atoms with Crippen LogP contribution in [0, 0.1) is 0 Å². The Morgan fingerprint density at radius 1 is 1.47 bits per heavy atom. The van der Waals surface area contributed by atoms with Crippen LogP contribution in [0.5, 0.6) is 0 Å². The minimum atomic E-state index is 0.108. The first-order valence-electron chi connectivity index (χ1n) is 6.90. The molecule has 0 radical (unpaired) electrons. The second-order valence-corrected chi connectivity index (χ2v) is 4.91. The number of hydrogen-bond donors (Lipinski definition) is 2. The molecule has 0 spiro atoms. The quantitative estimate of drug-likeness (QED) is 0.528. The topological polar surface area (TPSA) is 41.1 Å². The van der Waals surface area contributed by atoms with E-state index in [4.69, 9.17) is 0 Å². The molecule has 0 saturated carbocycles. The molecule has 0 saturated heterocycles. The lowest BCUT2D eigenvalue weighted by Gasteiger charge is -2.14. The van der Waals surface area contributed by atoms with Crippen molar-refractivity contribution in [2.45, 2.75) is 58.4 Å². The smallest absolute Gasteiger partial charge is 0.234 e. The summed E-state index contributed by atoms with van der Waals surface area (Å²) in [5.41, 5.74) is 1.56. The monoisotopic (exact) mass is 238 g/mol. The molecule has 98 valence electrons. The van der Waals surface area contributed by atoms with Gasteiger partial charge in [0.05, 0.1) is 6.54 Å². The molecule has 2 N–H and O–H groups in total. The molecule has 1 rings (SSSR count). The largest absolute Gasteiger partial charge is 0.353 e. The average molecular weight is 238 g/mol. The van der Waals surface area contributed by atoms with Crippen LogP contribution in [0.2, 0.25) is 0 Å². The molecule has 0 bridgehead atoms. The highest BCUT2D eigenvalue weighted by Gasteiger charge is 2.06. The number of nitrogens with one attached hydrogen (secondary N) is 2. The van der Waals surface area contributed by atoms with E-state index in [0.717, 1.165) is 19.4 Å². The Morgan fingerprint density at radius 2 is 2.29 bits per heavy atom. The molecule has 1 amide bonds. The number of carbonyl (C=O) groups excluding carboxylic acids is 1. The van der Waals surface area contributed by atoms with Crippen LogP contribution < -0.4 is 10.6 Å². The first kappa shape index (κ1) is 14.2. The van der Waals surface area contributed by atoms with E-state index >= 15 is 0 Å². The zero-order valence-electron chi connectivity index (χ0n) is 11.2. The summed E-state index contributed by atoms with van der Waals surface area (Å²) in [4.78, 5) is 11.5. The summed E-state index contributed by atoms with van der Waals surface area (Å²) in [7, 11) is 0. The molecule has 0 aromatic carbocycles. The Kier molecular flexibility index (Phi) is 6.94. The van der Waals surface area contributed by atoms with Crippen molar-refractivity contribution >= 4 is 5.91 Å². The first-order chi connectivity index (χ1) is 8.22. The average Bonchev–Trinajstić information content (AvgIpc) is 2.36. The lowest BCUT2D eigenvalue weighted by atomic mass is 9.97. The number of amides is 1. The van der Waals surface area contributed by atoms with Gasteiger partial charge in [-0.2, -0.15) is 0 Å². The van der Waals surface area contributed by atoms with Crippen molar-refractivity contribution in [1.29, 1.82) is 0 Å². The molecule has 0 fully saturated rings. The predicted octanol–water partition coefficient (Wildman–Crippen LogP) is 2.38. The molecule has 0 aromatic rings. The van der Waals surface area contributed by atoms with Gasteiger partial charge in [-0.05, 0) is 52.0 Å². The number of hydrogen-bond acceptors (Lipinski definition) is 2. The van der Waals surface area contributed by atoms with Crippen LogP contribution >= 0.6 is 0 Å². The summed E-state index contributed by atoms with van der Waals surface area (Å²) in [6.45, 7) is 5.47. The van der Waals surface area contributed by atoms with Crippen molar-refractivity contribution in [3.05, 3.63) is 11.6 Å². The molecule has 1 aliphatic carbocycles. The first-order valence-corrected chi connectivity index (χ1v) is 6.90. The highest BCUT2D eigenvalue weighted by atomic mass is 16.1. The Labute approximate surface area is 105 Å². The lowest BCUT2D eigenvalue weighted by molar-refractivity contribution is -0.120. The van der Waals surface area contributed by atoms with Crippen LogP contribution in [0.3, 0.4) is 0 Å². The van der Waals surface area contributed by atoms with Crippen molar-refractivity contribution in [2.24, 2.45) is 0 Å². The number of allylic oxidation sites excluding steroid dienone is 1. The molecule has 3 nitrogen and oxygen atoms in total. The molecule has 0 heterocycles. The highest BCUT2D eigenvalue weighted by molar-refractivity contribution is 5.78. The summed E-state index contributed by atoms with van der Waals surface area (Å²) < 4.78 is 0. The highest BCUT2D eigenvalue weighted by Crippen LogP contribution is 2.19. The van der Waals surface area contributed by atoms with Gasteiger partial charge in [0.15, 0.2) is 0 Å². The third-order valence-electron chi connectivity index (χ3n) is 3.31. The van der Waals surface area contributed by atoms with Gasteiger partial charge in [0, 0.05) is 6.04 Å². The van der Waals surface area contributed by atoms with Crippen LogP contribution in [0.25, 0.3) is 0 Å². The number of carbonyl (C=O) groups is 1. The maximum atomic E-state index is 11.5. The summed E-state index contributed by atoms with van der Waals surface area (Å²) in [6, 6.07) is 0.283. The SMILES string of the molecule is CCC(C)NC(=O)CNCCC1=CCCCC1. The minimum Gasteiger partial charge on any atom is -0.353 e.